The fourth-order valence-corrected chi connectivity index (χ4v) is 2.77. The summed E-state index contributed by atoms with van der Waals surface area (Å²) in [6.45, 7) is 5.48. The maximum absolute atomic E-state index is 11.5. The lowest BCUT2D eigenvalue weighted by Crippen LogP contribution is -2.12. The molecule has 3 rings (SSSR count). The summed E-state index contributed by atoms with van der Waals surface area (Å²) in [5, 5.41) is 10.4. The number of nitrogens with zero attached hydrogens (tertiary/aromatic N) is 2. The molecule has 0 N–H and O–H groups in total. The number of hydrogen-bond acceptors (Lipinski definition) is 7. The second-order valence-corrected chi connectivity index (χ2v) is 6.63. The van der Waals surface area contributed by atoms with Crippen LogP contribution in [0, 0.1) is 0 Å². The van der Waals surface area contributed by atoms with Crippen molar-refractivity contribution in [3.63, 3.8) is 0 Å². The quantitative estimate of drug-likeness (QED) is 0.207. The lowest BCUT2D eigenvalue weighted by molar-refractivity contribution is -0.139. The third-order valence-corrected chi connectivity index (χ3v) is 4.35. The second-order valence-electron chi connectivity index (χ2n) is 6.63. The molecule has 3 aromatic rings. The van der Waals surface area contributed by atoms with Gasteiger partial charge in [-0.25, -0.2) is 9.59 Å². The first-order valence-corrected chi connectivity index (χ1v) is 9.57. The topological polar surface area (TPSA) is 86.5 Å². The van der Waals surface area contributed by atoms with E-state index in [1.165, 1.54) is 7.11 Å². The summed E-state index contributed by atoms with van der Waals surface area (Å²) in [5.41, 5.74) is 2.08. The fourth-order valence-electron chi connectivity index (χ4n) is 2.77. The first-order chi connectivity index (χ1) is 15.0. The van der Waals surface area contributed by atoms with Crippen molar-refractivity contribution in [3.8, 4) is 5.75 Å². The van der Waals surface area contributed by atoms with E-state index >= 15 is 0 Å². The van der Waals surface area contributed by atoms with Gasteiger partial charge in [0.1, 0.15) is 19.0 Å². The van der Waals surface area contributed by atoms with Gasteiger partial charge in [0.25, 0.3) is 0 Å². The van der Waals surface area contributed by atoms with Gasteiger partial charge in [-0.3, -0.25) is 0 Å². The van der Waals surface area contributed by atoms with Crippen molar-refractivity contribution in [2.45, 2.75) is 6.92 Å². The molecule has 0 aromatic heterocycles. The van der Waals surface area contributed by atoms with Crippen LogP contribution in [-0.4, -0.2) is 32.3 Å². The summed E-state index contributed by atoms with van der Waals surface area (Å²) < 4.78 is 15.5. The normalized spacial score (nSPS) is 10.8. The predicted octanol–water partition coefficient (Wildman–Crippen LogP) is 5.54. The molecular formula is C24H22N2O5. The van der Waals surface area contributed by atoms with Crippen molar-refractivity contribution in [1.82, 2.24) is 0 Å². The van der Waals surface area contributed by atoms with Crippen LogP contribution < -0.4 is 4.74 Å². The van der Waals surface area contributed by atoms with Gasteiger partial charge in [0.05, 0.1) is 24.0 Å². The Bertz CT molecular complexity index is 1140. The van der Waals surface area contributed by atoms with Crippen molar-refractivity contribution in [3.05, 3.63) is 78.4 Å². The average Bonchev–Trinajstić information content (AvgIpc) is 2.80. The highest BCUT2D eigenvalue weighted by molar-refractivity contribution is 5.96. The van der Waals surface area contributed by atoms with Crippen LogP contribution in [0.4, 0.5) is 11.4 Å². The van der Waals surface area contributed by atoms with Gasteiger partial charge in [-0.15, -0.1) is 5.11 Å². The Morgan fingerprint density at radius 2 is 1.61 bits per heavy atom. The Morgan fingerprint density at radius 1 is 0.903 bits per heavy atom. The van der Waals surface area contributed by atoms with Crippen molar-refractivity contribution >= 4 is 34.1 Å². The summed E-state index contributed by atoms with van der Waals surface area (Å²) in [4.78, 5) is 23.0. The highest BCUT2D eigenvalue weighted by Crippen LogP contribution is 2.34. The number of azo groups is 1. The zero-order valence-corrected chi connectivity index (χ0v) is 17.3. The molecule has 0 spiro atoms. The zero-order valence-electron chi connectivity index (χ0n) is 17.3. The molecule has 7 nitrogen and oxygen atoms in total. The summed E-state index contributed by atoms with van der Waals surface area (Å²) in [6.07, 6.45) is 0. The van der Waals surface area contributed by atoms with E-state index in [4.69, 9.17) is 9.47 Å². The molecule has 0 aliphatic heterocycles. The standard InChI is InChI=1S/C24H22N2O5/c1-16(2)23(27)31-15-14-30-22-13-12-21(19-6-4-5-7-20(19)22)26-25-18-10-8-17(9-11-18)24(28)29-3/h4-13H,1,14-15H2,2-3H3. The molecule has 0 aliphatic carbocycles. The number of carbonyl (C=O) groups is 2. The molecule has 7 heteroatoms. The van der Waals surface area contributed by atoms with Crippen molar-refractivity contribution < 1.29 is 23.8 Å². The SMILES string of the molecule is C=C(C)C(=O)OCCOc1ccc(N=Nc2ccc(C(=O)OC)cc2)c2ccccc12. The molecule has 0 amide bonds. The molecule has 0 heterocycles. The van der Waals surface area contributed by atoms with Crippen LogP contribution in [0.3, 0.4) is 0 Å². The summed E-state index contributed by atoms with van der Waals surface area (Å²) in [7, 11) is 1.34. The largest absolute Gasteiger partial charge is 0.489 e. The summed E-state index contributed by atoms with van der Waals surface area (Å²) >= 11 is 0. The number of carbonyl (C=O) groups excluding carboxylic acids is 2. The van der Waals surface area contributed by atoms with E-state index in [1.807, 2.05) is 30.3 Å². The molecule has 0 saturated carbocycles. The van der Waals surface area contributed by atoms with E-state index in [0.29, 0.717) is 28.3 Å². The van der Waals surface area contributed by atoms with E-state index in [1.54, 1.807) is 37.3 Å². The van der Waals surface area contributed by atoms with Crippen molar-refractivity contribution in [2.75, 3.05) is 20.3 Å². The minimum atomic E-state index is -0.441. The third-order valence-electron chi connectivity index (χ3n) is 4.35. The maximum atomic E-state index is 11.5. The number of rotatable bonds is 8. The third kappa shape index (κ3) is 5.54. The van der Waals surface area contributed by atoms with Gasteiger partial charge in [-0.1, -0.05) is 30.8 Å². The Labute approximate surface area is 180 Å². The number of hydrogen-bond donors (Lipinski definition) is 0. The molecule has 0 radical (unpaired) electrons. The molecule has 158 valence electrons. The second kappa shape index (κ2) is 10.2. The monoisotopic (exact) mass is 418 g/mol. The predicted molar refractivity (Wildman–Crippen MR) is 117 cm³/mol. The van der Waals surface area contributed by atoms with Gasteiger partial charge in [0.2, 0.25) is 0 Å². The first kappa shape index (κ1) is 21.7. The highest BCUT2D eigenvalue weighted by atomic mass is 16.6. The van der Waals surface area contributed by atoms with E-state index in [2.05, 4.69) is 21.5 Å². The molecule has 0 atom stereocenters. The molecule has 0 aliphatic rings. The van der Waals surface area contributed by atoms with Gasteiger partial charge in [0.15, 0.2) is 0 Å². The van der Waals surface area contributed by atoms with E-state index in [9.17, 15) is 9.59 Å². The van der Waals surface area contributed by atoms with Crippen LogP contribution in [0.25, 0.3) is 10.8 Å². The summed E-state index contributed by atoms with van der Waals surface area (Å²) in [5.74, 6) is -0.188. The van der Waals surface area contributed by atoms with Gasteiger partial charge in [-0.2, -0.15) is 5.11 Å². The number of benzene rings is 3. The average molecular weight is 418 g/mol. The maximum Gasteiger partial charge on any atom is 0.337 e. The smallest absolute Gasteiger partial charge is 0.337 e. The Hall–Kier alpha value is -4.00. The van der Waals surface area contributed by atoms with Gasteiger partial charge in [0, 0.05) is 16.3 Å². The minimum absolute atomic E-state index is 0.128. The lowest BCUT2D eigenvalue weighted by atomic mass is 10.1. The molecular weight excluding hydrogens is 396 g/mol. The molecule has 0 bridgehead atoms. The van der Waals surface area contributed by atoms with Gasteiger partial charge in [-0.05, 0) is 43.3 Å². The number of esters is 2. The van der Waals surface area contributed by atoms with Crippen molar-refractivity contribution in [1.29, 1.82) is 0 Å². The lowest BCUT2D eigenvalue weighted by Gasteiger charge is -2.11. The molecule has 3 aromatic carbocycles. The van der Waals surface area contributed by atoms with E-state index in [-0.39, 0.29) is 13.2 Å². The summed E-state index contributed by atoms with van der Waals surface area (Å²) in [6, 6.07) is 17.9. The van der Waals surface area contributed by atoms with Gasteiger partial charge >= 0.3 is 11.9 Å². The van der Waals surface area contributed by atoms with Crippen molar-refractivity contribution in [2.24, 2.45) is 10.2 Å². The van der Waals surface area contributed by atoms with Crippen LogP contribution in [0.1, 0.15) is 17.3 Å². The molecule has 0 fully saturated rings. The van der Waals surface area contributed by atoms with Crippen LogP contribution in [0.2, 0.25) is 0 Å². The fraction of sp³-hybridized carbons (Fsp3) is 0.167. The number of ether oxygens (including phenoxy) is 3. The molecule has 0 unspecified atom stereocenters. The number of methoxy groups -OCH3 is 1. The zero-order chi connectivity index (χ0) is 22.2. The van der Waals surface area contributed by atoms with Crippen LogP contribution in [-0.2, 0) is 14.3 Å². The Kier molecular flexibility index (Phi) is 7.11. The van der Waals surface area contributed by atoms with Crippen LogP contribution >= 0.6 is 0 Å². The van der Waals surface area contributed by atoms with Gasteiger partial charge < -0.3 is 14.2 Å². The van der Waals surface area contributed by atoms with E-state index in [0.717, 1.165) is 10.8 Å². The number of fused-ring (bicyclic) bond motifs is 1. The molecule has 0 saturated heterocycles. The van der Waals surface area contributed by atoms with Crippen LogP contribution in [0.5, 0.6) is 5.75 Å². The minimum Gasteiger partial charge on any atom is -0.489 e. The Balaban J connectivity index is 1.74. The highest BCUT2D eigenvalue weighted by Gasteiger charge is 2.08. The molecule has 31 heavy (non-hydrogen) atoms. The van der Waals surface area contributed by atoms with E-state index < -0.39 is 11.9 Å². The van der Waals surface area contributed by atoms with Crippen LogP contribution in [0.15, 0.2) is 83.0 Å². The Morgan fingerprint density at radius 3 is 2.29 bits per heavy atom. The first-order valence-electron chi connectivity index (χ1n) is 9.57.